The third kappa shape index (κ3) is 1.15. The normalized spacial score (nSPS) is 34.0. The molecular formula is C7H14O11. The van der Waals surface area contributed by atoms with E-state index in [9.17, 15) is 46.0 Å². The van der Waals surface area contributed by atoms with Crippen molar-refractivity contribution in [2.75, 3.05) is 0 Å². The van der Waals surface area contributed by atoms with Gasteiger partial charge in [0.1, 0.15) is 0 Å². The van der Waals surface area contributed by atoms with Crippen molar-refractivity contribution in [3.05, 3.63) is 0 Å². The van der Waals surface area contributed by atoms with Crippen LogP contribution in [0.4, 0.5) is 0 Å². The SMILES string of the molecule is CC1(O)C(O)(O)C(O)(O)C(O)(O)C(O)(O)C1(O)O. The summed E-state index contributed by atoms with van der Waals surface area (Å²) in [6.45, 7) is 0.171. The minimum Gasteiger partial charge on any atom is -0.379 e. The predicted molar refractivity (Wildman–Crippen MR) is 46.5 cm³/mol. The molecule has 0 aliphatic heterocycles. The fourth-order valence-electron chi connectivity index (χ4n) is 1.65. The molecule has 0 amide bonds. The molecule has 0 radical (unpaired) electrons. The van der Waals surface area contributed by atoms with Crippen molar-refractivity contribution < 1.29 is 56.2 Å². The molecule has 0 saturated heterocycles. The highest BCUT2D eigenvalue weighted by atomic mass is 16.7. The molecule has 0 spiro atoms. The monoisotopic (exact) mass is 274 g/mol. The second kappa shape index (κ2) is 3.17. The Balaban J connectivity index is 3.72. The summed E-state index contributed by atoms with van der Waals surface area (Å²) in [6, 6.07) is 0. The Bertz CT molecular complexity index is 249. The number of rotatable bonds is 0. The third-order valence-electron chi connectivity index (χ3n) is 3.30. The summed E-state index contributed by atoms with van der Waals surface area (Å²) in [7, 11) is 0. The van der Waals surface area contributed by atoms with Gasteiger partial charge in [-0.1, -0.05) is 0 Å². The van der Waals surface area contributed by atoms with Gasteiger partial charge in [-0.05, 0) is 6.92 Å². The molecule has 1 saturated carbocycles. The van der Waals surface area contributed by atoms with Crippen molar-refractivity contribution in [1.29, 1.82) is 0 Å². The van der Waals surface area contributed by atoms with Crippen molar-refractivity contribution in [2.45, 2.75) is 41.5 Å². The number of hydrogen-bond acceptors (Lipinski definition) is 11. The smallest absolute Gasteiger partial charge is 0.286 e. The van der Waals surface area contributed by atoms with Crippen molar-refractivity contribution >= 4 is 0 Å². The summed E-state index contributed by atoms with van der Waals surface area (Å²) < 4.78 is 0. The Hall–Kier alpha value is -0.440. The molecule has 11 N–H and O–H groups in total. The van der Waals surface area contributed by atoms with Crippen LogP contribution in [0, 0.1) is 0 Å². The van der Waals surface area contributed by atoms with E-state index in [-0.39, 0.29) is 6.92 Å². The second-order valence-corrected chi connectivity index (χ2v) is 4.43. The summed E-state index contributed by atoms with van der Waals surface area (Å²) in [5.74, 6) is -22.5. The molecule has 0 unspecified atom stereocenters. The highest BCUT2D eigenvalue weighted by Gasteiger charge is 2.89. The van der Waals surface area contributed by atoms with Gasteiger partial charge in [0.15, 0.2) is 5.60 Å². The molecule has 1 rings (SSSR count). The molecule has 108 valence electrons. The Morgan fingerprint density at radius 2 is 0.556 bits per heavy atom. The maximum atomic E-state index is 9.47. The van der Waals surface area contributed by atoms with Gasteiger partial charge in [0.2, 0.25) is 0 Å². The van der Waals surface area contributed by atoms with E-state index in [2.05, 4.69) is 0 Å². The van der Waals surface area contributed by atoms with Crippen molar-refractivity contribution in [3.63, 3.8) is 0 Å². The second-order valence-electron chi connectivity index (χ2n) is 4.43. The van der Waals surface area contributed by atoms with Crippen LogP contribution >= 0.6 is 0 Å². The molecule has 1 aliphatic rings. The van der Waals surface area contributed by atoms with E-state index in [1.165, 1.54) is 0 Å². The van der Waals surface area contributed by atoms with Crippen LogP contribution in [0.15, 0.2) is 0 Å². The summed E-state index contributed by atoms with van der Waals surface area (Å²) in [5, 5.41) is 102. The van der Waals surface area contributed by atoms with E-state index >= 15 is 0 Å². The van der Waals surface area contributed by atoms with Crippen LogP contribution < -0.4 is 0 Å². The molecule has 1 fully saturated rings. The topological polar surface area (TPSA) is 223 Å². The molecule has 0 aromatic heterocycles. The Kier molecular flexibility index (Phi) is 2.75. The standard InChI is InChI=1S/C7H14O11/c1-2(8)3(9,10)5(13,14)7(17,18)6(15,16)4(2,11)12/h8-18H,1H3. The summed E-state index contributed by atoms with van der Waals surface area (Å²) in [6.07, 6.45) is 0. The molecule has 0 aromatic carbocycles. The van der Waals surface area contributed by atoms with Crippen LogP contribution in [-0.2, 0) is 0 Å². The van der Waals surface area contributed by atoms with Crippen molar-refractivity contribution in [3.8, 4) is 0 Å². The van der Waals surface area contributed by atoms with Gasteiger partial charge in [0.25, 0.3) is 28.9 Å². The van der Waals surface area contributed by atoms with Crippen molar-refractivity contribution in [1.82, 2.24) is 0 Å². The molecule has 11 nitrogen and oxygen atoms in total. The zero-order valence-electron chi connectivity index (χ0n) is 8.92. The third-order valence-corrected chi connectivity index (χ3v) is 3.30. The first-order chi connectivity index (χ1) is 7.50. The van der Waals surface area contributed by atoms with Gasteiger partial charge in [-0.3, -0.25) is 0 Å². The van der Waals surface area contributed by atoms with Crippen LogP contribution in [0.5, 0.6) is 0 Å². The average molecular weight is 274 g/mol. The van der Waals surface area contributed by atoms with E-state index < -0.39 is 34.5 Å². The van der Waals surface area contributed by atoms with E-state index in [1.54, 1.807) is 0 Å². The van der Waals surface area contributed by atoms with Crippen LogP contribution in [-0.4, -0.2) is 90.7 Å². The molecule has 18 heavy (non-hydrogen) atoms. The molecule has 0 atom stereocenters. The highest BCUT2D eigenvalue weighted by molar-refractivity contribution is 5.22. The Morgan fingerprint density at radius 1 is 0.389 bits per heavy atom. The lowest BCUT2D eigenvalue weighted by Crippen LogP contribution is -2.95. The van der Waals surface area contributed by atoms with Gasteiger partial charge in [-0.2, -0.15) is 0 Å². The first-order valence-electron chi connectivity index (χ1n) is 4.46. The lowest BCUT2D eigenvalue weighted by Gasteiger charge is -2.62. The molecule has 1 aliphatic carbocycles. The zero-order valence-corrected chi connectivity index (χ0v) is 8.92. The first-order valence-corrected chi connectivity index (χ1v) is 4.46. The van der Waals surface area contributed by atoms with Gasteiger partial charge in [-0.25, -0.2) is 0 Å². The van der Waals surface area contributed by atoms with Crippen LogP contribution in [0.3, 0.4) is 0 Å². The van der Waals surface area contributed by atoms with Gasteiger partial charge >= 0.3 is 0 Å². The largest absolute Gasteiger partial charge is 0.379 e. The maximum absolute atomic E-state index is 9.47. The van der Waals surface area contributed by atoms with Gasteiger partial charge in [-0.15, -0.1) is 0 Å². The van der Waals surface area contributed by atoms with Gasteiger partial charge in [0, 0.05) is 0 Å². The highest BCUT2D eigenvalue weighted by Crippen LogP contribution is 2.53. The van der Waals surface area contributed by atoms with E-state index in [4.69, 9.17) is 10.2 Å². The van der Waals surface area contributed by atoms with Crippen LogP contribution in [0.2, 0.25) is 0 Å². The Morgan fingerprint density at radius 3 is 0.778 bits per heavy atom. The summed E-state index contributed by atoms with van der Waals surface area (Å²) >= 11 is 0. The van der Waals surface area contributed by atoms with E-state index in [0.717, 1.165) is 0 Å². The molecule has 0 aromatic rings. The van der Waals surface area contributed by atoms with Crippen LogP contribution in [0.1, 0.15) is 6.92 Å². The Labute approximate surface area is 98.7 Å². The number of aliphatic hydroxyl groups is 11. The lowest BCUT2D eigenvalue weighted by atomic mass is 9.65. The quantitative estimate of drug-likeness (QED) is 0.186. The maximum Gasteiger partial charge on any atom is 0.286 e. The van der Waals surface area contributed by atoms with Crippen LogP contribution in [0.25, 0.3) is 0 Å². The molecular weight excluding hydrogens is 260 g/mol. The predicted octanol–water partition coefficient (Wildman–Crippen LogP) is -6.84. The minimum atomic E-state index is -4.64. The summed E-state index contributed by atoms with van der Waals surface area (Å²) in [5.41, 5.74) is -3.80. The summed E-state index contributed by atoms with van der Waals surface area (Å²) in [4.78, 5) is 0. The molecule has 11 heteroatoms. The average Bonchev–Trinajstić information content (AvgIpc) is 2.14. The fourth-order valence-corrected chi connectivity index (χ4v) is 1.65. The van der Waals surface area contributed by atoms with Crippen molar-refractivity contribution in [2.24, 2.45) is 0 Å². The lowest BCUT2D eigenvalue weighted by molar-refractivity contribution is -0.609. The van der Waals surface area contributed by atoms with Gasteiger partial charge in [0.05, 0.1) is 0 Å². The minimum absolute atomic E-state index is 0.171. The molecule has 0 bridgehead atoms. The van der Waals surface area contributed by atoms with E-state index in [0.29, 0.717) is 0 Å². The van der Waals surface area contributed by atoms with Gasteiger partial charge < -0.3 is 56.2 Å². The zero-order chi connectivity index (χ0) is 15.0. The van der Waals surface area contributed by atoms with E-state index in [1.807, 2.05) is 0 Å². The molecule has 0 heterocycles. The first kappa shape index (κ1) is 15.6. The number of hydrogen-bond donors (Lipinski definition) is 11. The fraction of sp³-hybridized carbons (Fsp3) is 1.00.